The number of hydrogen-bond acceptors (Lipinski definition) is 6. The summed E-state index contributed by atoms with van der Waals surface area (Å²) in [5, 5.41) is 2.95. The lowest BCUT2D eigenvalue weighted by Crippen LogP contribution is -2.28. The van der Waals surface area contributed by atoms with Crippen molar-refractivity contribution >= 4 is 29.2 Å². The van der Waals surface area contributed by atoms with Crippen LogP contribution in [0.5, 0.6) is 0 Å². The van der Waals surface area contributed by atoms with Crippen molar-refractivity contribution in [3.05, 3.63) is 95.4 Å². The second kappa shape index (κ2) is 10.3. The van der Waals surface area contributed by atoms with Crippen LogP contribution in [-0.4, -0.2) is 32.1 Å². The molecule has 1 aliphatic heterocycles. The zero-order chi connectivity index (χ0) is 23.1. The van der Waals surface area contributed by atoms with Gasteiger partial charge in [-0.05, 0) is 42.3 Å². The van der Waals surface area contributed by atoms with Crippen molar-refractivity contribution in [2.45, 2.75) is 13.3 Å². The average molecular weight is 432 g/mol. The third-order valence-corrected chi connectivity index (χ3v) is 4.94. The van der Waals surface area contributed by atoms with Gasteiger partial charge in [0, 0.05) is 11.9 Å². The van der Waals surface area contributed by atoms with Gasteiger partial charge in [-0.1, -0.05) is 43.3 Å². The first-order valence-electron chi connectivity index (χ1n) is 10.0. The highest BCUT2D eigenvalue weighted by Gasteiger charge is 2.29. The lowest BCUT2D eigenvalue weighted by molar-refractivity contribution is -0.139. The lowest BCUT2D eigenvalue weighted by atomic mass is 10.1. The second-order valence-corrected chi connectivity index (χ2v) is 6.80. The van der Waals surface area contributed by atoms with E-state index in [-0.39, 0.29) is 17.2 Å². The minimum atomic E-state index is -0.742. The molecule has 0 atom stereocenters. The molecule has 1 aliphatic rings. The first-order valence-corrected chi connectivity index (χ1v) is 10.0. The molecule has 0 saturated carbocycles. The van der Waals surface area contributed by atoms with Crippen LogP contribution in [0.3, 0.4) is 0 Å². The normalized spacial score (nSPS) is 12.9. The van der Waals surface area contributed by atoms with E-state index in [0.29, 0.717) is 16.9 Å². The summed E-state index contributed by atoms with van der Waals surface area (Å²) in [5.41, 5.74) is 2.38. The first kappa shape index (κ1) is 22.6. The van der Waals surface area contributed by atoms with E-state index in [1.54, 1.807) is 42.6 Å². The first-order chi connectivity index (χ1) is 15.5. The largest absolute Gasteiger partial charge is 0.465 e. The zero-order valence-corrected chi connectivity index (χ0v) is 18.1. The van der Waals surface area contributed by atoms with Crippen LogP contribution < -0.4 is 10.2 Å². The third-order valence-electron chi connectivity index (χ3n) is 4.94. The number of nitrogens with zero attached hydrogens (tertiary/aromatic N) is 1. The van der Waals surface area contributed by atoms with Crippen molar-refractivity contribution in [3.63, 3.8) is 0 Å². The molecule has 164 valence electrons. The number of benzene rings is 2. The van der Waals surface area contributed by atoms with Gasteiger partial charge in [0.1, 0.15) is 5.70 Å². The Morgan fingerprint density at radius 2 is 1.59 bits per heavy atom. The third kappa shape index (κ3) is 4.62. The number of aryl methyl sites for hydroxylation is 1. The molecule has 1 N–H and O–H groups in total. The molecular weight excluding hydrogens is 408 g/mol. The van der Waals surface area contributed by atoms with Crippen LogP contribution in [-0.2, 0) is 25.5 Å². The van der Waals surface area contributed by atoms with Gasteiger partial charge in [-0.3, -0.25) is 4.79 Å². The van der Waals surface area contributed by atoms with E-state index in [1.807, 2.05) is 31.2 Å². The molecule has 0 aliphatic carbocycles. The molecule has 0 fully saturated rings. The van der Waals surface area contributed by atoms with Crippen molar-refractivity contribution in [3.8, 4) is 0 Å². The number of rotatable bonds is 6. The molecule has 0 spiro atoms. The quantitative estimate of drug-likeness (QED) is 0.695. The topological polar surface area (TPSA) is 84.9 Å². The maximum atomic E-state index is 13.2. The number of allylic oxidation sites excluding steroid dienone is 2. The lowest BCUT2D eigenvalue weighted by Gasteiger charge is -2.25. The Morgan fingerprint density at radius 3 is 2.31 bits per heavy atom. The Labute approximate surface area is 186 Å². The summed E-state index contributed by atoms with van der Waals surface area (Å²) in [4.78, 5) is 39.8. The zero-order valence-electron chi connectivity index (χ0n) is 18.1. The summed E-state index contributed by atoms with van der Waals surface area (Å²) >= 11 is 0. The van der Waals surface area contributed by atoms with E-state index in [0.717, 1.165) is 12.0 Å². The smallest absolute Gasteiger partial charge is 0.355 e. The molecule has 0 aromatic heterocycles. The number of esters is 2. The van der Waals surface area contributed by atoms with Crippen LogP contribution in [0.1, 0.15) is 22.8 Å². The molecule has 0 radical (unpaired) electrons. The molecular formula is C25H24N2O5. The fourth-order valence-electron chi connectivity index (χ4n) is 3.37. The number of amides is 1. The number of carbonyl (C=O) groups excluding carboxylic acids is 3. The van der Waals surface area contributed by atoms with Gasteiger partial charge in [-0.2, -0.15) is 0 Å². The summed E-state index contributed by atoms with van der Waals surface area (Å²) in [6.07, 6.45) is 7.07. The Bertz CT molecular complexity index is 1130. The van der Waals surface area contributed by atoms with Crippen molar-refractivity contribution in [1.29, 1.82) is 0 Å². The van der Waals surface area contributed by atoms with Crippen LogP contribution >= 0.6 is 0 Å². The van der Waals surface area contributed by atoms with E-state index < -0.39 is 11.9 Å². The number of hydrogen-bond donors (Lipinski definition) is 1. The predicted molar refractivity (Wildman–Crippen MR) is 122 cm³/mol. The minimum absolute atomic E-state index is 0.0101. The number of nitrogens with one attached hydrogen (secondary N) is 1. The molecule has 0 unspecified atom stereocenters. The highest BCUT2D eigenvalue weighted by atomic mass is 16.5. The van der Waals surface area contributed by atoms with E-state index in [2.05, 4.69) is 5.32 Å². The van der Waals surface area contributed by atoms with Gasteiger partial charge in [0.15, 0.2) is 0 Å². The average Bonchev–Trinajstić information content (AvgIpc) is 3.06. The standard InChI is InChI=1S/C25H24N2O5/c1-4-17-11-5-7-14-20(17)26-23(28)18-12-6-8-15-21(18)27-16-10-9-13-19(24(29)31-2)22(27)25(30)32-3/h5-16H,4H2,1-3H3,(H,26,28). The summed E-state index contributed by atoms with van der Waals surface area (Å²) < 4.78 is 9.78. The molecule has 0 bridgehead atoms. The fourth-order valence-corrected chi connectivity index (χ4v) is 3.37. The molecule has 3 rings (SSSR count). The summed E-state index contributed by atoms with van der Waals surface area (Å²) in [6.45, 7) is 2.01. The molecule has 1 heterocycles. The Hall–Kier alpha value is -4.13. The number of methoxy groups -OCH3 is 2. The fraction of sp³-hybridized carbons (Fsp3) is 0.160. The van der Waals surface area contributed by atoms with Gasteiger partial charge in [-0.15, -0.1) is 0 Å². The van der Waals surface area contributed by atoms with Crippen LogP contribution in [0.4, 0.5) is 11.4 Å². The van der Waals surface area contributed by atoms with Crippen molar-refractivity contribution in [1.82, 2.24) is 0 Å². The summed E-state index contributed by atoms with van der Waals surface area (Å²) in [6, 6.07) is 14.4. The number of carbonyl (C=O) groups is 3. The Morgan fingerprint density at radius 1 is 0.906 bits per heavy atom. The SMILES string of the molecule is CCc1ccccc1NC(=O)c1ccccc1N1C=CC=CC(C(=O)OC)=C1C(=O)OC. The molecule has 1 amide bonds. The monoisotopic (exact) mass is 432 g/mol. The van der Waals surface area contributed by atoms with Crippen LogP contribution in [0.15, 0.2) is 84.2 Å². The predicted octanol–water partition coefficient (Wildman–Crippen LogP) is 3.99. The number of ether oxygens (including phenoxy) is 2. The van der Waals surface area contributed by atoms with E-state index in [9.17, 15) is 14.4 Å². The maximum Gasteiger partial charge on any atom is 0.355 e. The Kier molecular flexibility index (Phi) is 7.23. The van der Waals surface area contributed by atoms with Crippen LogP contribution in [0, 0.1) is 0 Å². The Balaban J connectivity index is 2.10. The molecule has 2 aromatic rings. The number of anilines is 2. The van der Waals surface area contributed by atoms with Gasteiger partial charge in [0.05, 0.1) is 31.0 Å². The summed E-state index contributed by atoms with van der Waals surface area (Å²) in [5.74, 6) is -1.79. The second-order valence-electron chi connectivity index (χ2n) is 6.80. The summed E-state index contributed by atoms with van der Waals surface area (Å²) in [7, 11) is 2.45. The molecule has 0 saturated heterocycles. The van der Waals surface area contributed by atoms with Gasteiger partial charge < -0.3 is 19.7 Å². The minimum Gasteiger partial charge on any atom is -0.465 e. The van der Waals surface area contributed by atoms with Crippen LogP contribution in [0.2, 0.25) is 0 Å². The van der Waals surface area contributed by atoms with Crippen LogP contribution in [0.25, 0.3) is 0 Å². The van der Waals surface area contributed by atoms with E-state index in [4.69, 9.17) is 9.47 Å². The van der Waals surface area contributed by atoms with Crippen molar-refractivity contribution in [2.24, 2.45) is 0 Å². The van der Waals surface area contributed by atoms with E-state index in [1.165, 1.54) is 25.2 Å². The van der Waals surface area contributed by atoms with Gasteiger partial charge in [0.2, 0.25) is 0 Å². The van der Waals surface area contributed by atoms with Crippen molar-refractivity contribution < 1.29 is 23.9 Å². The number of para-hydroxylation sites is 2. The molecule has 32 heavy (non-hydrogen) atoms. The molecule has 7 heteroatoms. The highest BCUT2D eigenvalue weighted by molar-refractivity contribution is 6.11. The maximum absolute atomic E-state index is 13.2. The molecule has 2 aromatic carbocycles. The molecule has 7 nitrogen and oxygen atoms in total. The van der Waals surface area contributed by atoms with Gasteiger partial charge in [-0.25, -0.2) is 9.59 Å². The van der Waals surface area contributed by atoms with Gasteiger partial charge in [0.25, 0.3) is 5.91 Å². The van der Waals surface area contributed by atoms with Crippen molar-refractivity contribution in [2.75, 3.05) is 24.4 Å². The van der Waals surface area contributed by atoms with Gasteiger partial charge >= 0.3 is 11.9 Å². The highest BCUT2D eigenvalue weighted by Crippen LogP contribution is 2.30. The van der Waals surface area contributed by atoms with E-state index >= 15 is 0 Å².